The van der Waals surface area contributed by atoms with Gasteiger partial charge in [0.25, 0.3) is 0 Å². The van der Waals surface area contributed by atoms with Crippen molar-refractivity contribution in [2.75, 3.05) is 4.90 Å². The number of hydrogen-bond donors (Lipinski definition) is 0. The van der Waals surface area contributed by atoms with Gasteiger partial charge in [0.2, 0.25) is 0 Å². The van der Waals surface area contributed by atoms with E-state index in [0.29, 0.717) is 0 Å². The number of para-hydroxylation sites is 3. The summed E-state index contributed by atoms with van der Waals surface area (Å²) in [7, 11) is 0. The molecule has 0 N–H and O–H groups in total. The summed E-state index contributed by atoms with van der Waals surface area (Å²) in [6.07, 6.45) is 0. The fourth-order valence-electron chi connectivity index (χ4n) is 7.23. The van der Waals surface area contributed by atoms with Crippen LogP contribution in [0.25, 0.3) is 21.5 Å². The van der Waals surface area contributed by atoms with E-state index in [9.17, 15) is 0 Å². The number of hydrogen-bond acceptors (Lipinski definition) is 2. The first-order chi connectivity index (χ1) is 20.4. The van der Waals surface area contributed by atoms with Crippen molar-refractivity contribution in [1.29, 1.82) is 0 Å². The van der Waals surface area contributed by atoms with E-state index < -0.39 is 5.41 Å². The lowest BCUT2D eigenvalue weighted by Gasteiger charge is -2.49. The molecule has 192 valence electrons. The van der Waals surface area contributed by atoms with E-state index in [1.54, 1.807) is 0 Å². The first-order valence-corrected chi connectivity index (χ1v) is 14.1. The van der Waals surface area contributed by atoms with Crippen molar-refractivity contribution in [3.63, 3.8) is 0 Å². The predicted molar refractivity (Wildman–Crippen MR) is 168 cm³/mol. The number of fused-ring (bicyclic) bond motifs is 12. The van der Waals surface area contributed by atoms with Gasteiger partial charge in [-0.3, -0.25) is 0 Å². The molecule has 2 heteroatoms. The fourth-order valence-corrected chi connectivity index (χ4v) is 7.23. The molecule has 0 amide bonds. The highest BCUT2D eigenvalue weighted by Gasteiger charge is 2.51. The first-order valence-electron chi connectivity index (χ1n) is 14.1. The second-order valence-corrected chi connectivity index (χ2v) is 10.9. The van der Waals surface area contributed by atoms with Crippen molar-refractivity contribution >= 4 is 38.6 Å². The highest BCUT2D eigenvalue weighted by atomic mass is 16.5. The highest BCUT2D eigenvalue weighted by Crippen LogP contribution is 2.64. The third-order valence-corrected chi connectivity index (χ3v) is 8.88. The van der Waals surface area contributed by atoms with Gasteiger partial charge in [-0.2, -0.15) is 0 Å². The van der Waals surface area contributed by atoms with Crippen LogP contribution in [-0.4, -0.2) is 0 Å². The maximum Gasteiger partial charge on any atom is 0.140 e. The van der Waals surface area contributed by atoms with Gasteiger partial charge in [0.1, 0.15) is 11.5 Å². The van der Waals surface area contributed by atoms with Gasteiger partial charge in [-0.25, -0.2) is 0 Å². The summed E-state index contributed by atoms with van der Waals surface area (Å²) < 4.78 is 7.06. The lowest BCUT2D eigenvalue weighted by Crippen LogP contribution is -2.39. The second kappa shape index (κ2) is 8.33. The maximum absolute atomic E-state index is 7.06. The average molecular weight is 524 g/mol. The van der Waals surface area contributed by atoms with Crippen LogP contribution >= 0.6 is 0 Å². The van der Waals surface area contributed by atoms with E-state index in [1.165, 1.54) is 44.4 Å². The van der Waals surface area contributed by atoms with Crippen LogP contribution < -0.4 is 9.64 Å². The molecule has 0 fully saturated rings. The van der Waals surface area contributed by atoms with Gasteiger partial charge in [-0.05, 0) is 46.2 Å². The Kier molecular flexibility index (Phi) is 4.57. The molecular weight excluding hydrogens is 498 g/mol. The Bertz CT molecular complexity index is 2010. The summed E-state index contributed by atoms with van der Waals surface area (Å²) >= 11 is 0. The third-order valence-electron chi connectivity index (χ3n) is 8.88. The van der Waals surface area contributed by atoms with Crippen LogP contribution in [0, 0.1) is 0 Å². The molecule has 9 rings (SSSR count). The Labute approximate surface area is 238 Å². The summed E-state index contributed by atoms with van der Waals surface area (Å²) in [5.74, 6) is 1.87. The maximum atomic E-state index is 7.06. The van der Waals surface area contributed by atoms with Gasteiger partial charge in [-0.1, -0.05) is 127 Å². The molecule has 2 aliphatic heterocycles. The first kappa shape index (κ1) is 22.5. The molecule has 0 atom stereocenters. The predicted octanol–water partition coefficient (Wildman–Crippen LogP) is 10.3. The number of rotatable bonds is 1. The molecule has 0 bridgehead atoms. The van der Waals surface area contributed by atoms with E-state index in [1.807, 2.05) is 0 Å². The number of ether oxygens (including phenoxy) is 1. The normalized spacial score (nSPS) is 14.2. The largest absolute Gasteiger partial charge is 0.455 e. The Morgan fingerprint density at radius 1 is 0.390 bits per heavy atom. The zero-order chi connectivity index (χ0) is 27.0. The lowest BCUT2D eigenvalue weighted by molar-refractivity contribution is 0.444. The van der Waals surface area contributed by atoms with Crippen LogP contribution in [0.5, 0.6) is 11.5 Å². The zero-order valence-corrected chi connectivity index (χ0v) is 22.3. The minimum absolute atomic E-state index is 0.574. The van der Waals surface area contributed by atoms with Gasteiger partial charge in [-0.15, -0.1) is 0 Å². The fraction of sp³-hybridized carbons (Fsp3) is 0.0256. The molecular formula is C39H25NO. The molecule has 7 aromatic carbocycles. The summed E-state index contributed by atoms with van der Waals surface area (Å²) in [5.41, 5.74) is 7.77. The van der Waals surface area contributed by atoms with Crippen molar-refractivity contribution in [1.82, 2.24) is 0 Å². The third kappa shape index (κ3) is 2.91. The van der Waals surface area contributed by atoms with Gasteiger partial charge >= 0.3 is 0 Å². The van der Waals surface area contributed by atoms with Crippen molar-refractivity contribution in [2.24, 2.45) is 0 Å². The van der Waals surface area contributed by atoms with E-state index in [4.69, 9.17) is 4.74 Å². The Morgan fingerprint density at radius 2 is 0.854 bits per heavy atom. The summed E-state index contributed by atoms with van der Waals surface area (Å²) in [6, 6.07) is 54.7. The molecule has 2 aliphatic rings. The van der Waals surface area contributed by atoms with Crippen molar-refractivity contribution < 1.29 is 4.74 Å². The SMILES string of the molecule is c1ccc(N2c3ccccc3C3(c4ccccc42)c2ccc4ccccc4c2Oc2c3ccc3ccccc23)cc1. The molecule has 0 aromatic heterocycles. The van der Waals surface area contributed by atoms with Gasteiger partial charge < -0.3 is 9.64 Å². The van der Waals surface area contributed by atoms with Crippen molar-refractivity contribution in [2.45, 2.75) is 5.41 Å². The van der Waals surface area contributed by atoms with Crippen LogP contribution in [0.4, 0.5) is 17.1 Å². The minimum atomic E-state index is -0.574. The Balaban J connectivity index is 1.50. The van der Waals surface area contributed by atoms with Crippen molar-refractivity contribution in [3.05, 3.63) is 174 Å². The van der Waals surface area contributed by atoms with Crippen LogP contribution in [0.15, 0.2) is 152 Å². The molecule has 2 heterocycles. The van der Waals surface area contributed by atoms with E-state index in [-0.39, 0.29) is 0 Å². The molecule has 1 spiro atoms. The molecule has 0 aliphatic carbocycles. The molecule has 0 saturated heterocycles. The van der Waals surface area contributed by atoms with Gasteiger partial charge in [0.05, 0.1) is 16.8 Å². The standard InChI is InChI=1S/C39H25NO/c1-2-14-28(15-3-1)40-35-20-10-8-18-31(35)39(32-19-9-11-21-36(32)40)33-24-22-26-12-4-6-16-29(26)37(33)41-38-30-17-7-5-13-27(30)23-25-34(38)39/h1-25H. The summed E-state index contributed by atoms with van der Waals surface area (Å²) in [5, 5.41) is 4.61. The van der Waals surface area contributed by atoms with Crippen LogP contribution in [0.3, 0.4) is 0 Å². The van der Waals surface area contributed by atoms with Gasteiger partial charge in [0.15, 0.2) is 0 Å². The monoisotopic (exact) mass is 523 g/mol. The van der Waals surface area contributed by atoms with Crippen molar-refractivity contribution in [3.8, 4) is 11.5 Å². The molecule has 0 unspecified atom stereocenters. The summed E-state index contributed by atoms with van der Waals surface area (Å²) in [4.78, 5) is 2.41. The van der Waals surface area contributed by atoms with Crippen LogP contribution in [0.1, 0.15) is 22.3 Å². The zero-order valence-electron chi connectivity index (χ0n) is 22.3. The van der Waals surface area contributed by atoms with Crippen LogP contribution in [-0.2, 0) is 5.41 Å². The molecule has 0 radical (unpaired) electrons. The quantitative estimate of drug-likeness (QED) is 0.212. The molecule has 7 aromatic rings. The summed E-state index contributed by atoms with van der Waals surface area (Å²) in [6.45, 7) is 0. The molecule has 2 nitrogen and oxygen atoms in total. The molecule has 41 heavy (non-hydrogen) atoms. The second-order valence-electron chi connectivity index (χ2n) is 10.9. The molecule has 0 saturated carbocycles. The highest BCUT2D eigenvalue weighted by molar-refractivity contribution is 5.99. The number of benzene rings is 7. The number of nitrogens with zero attached hydrogens (tertiary/aromatic N) is 1. The lowest BCUT2D eigenvalue weighted by atomic mass is 9.60. The van der Waals surface area contributed by atoms with Gasteiger partial charge in [0, 0.05) is 27.6 Å². The van der Waals surface area contributed by atoms with E-state index in [2.05, 4.69) is 157 Å². The van der Waals surface area contributed by atoms with E-state index in [0.717, 1.165) is 28.0 Å². The number of anilines is 3. The smallest absolute Gasteiger partial charge is 0.140 e. The Morgan fingerprint density at radius 3 is 1.41 bits per heavy atom. The average Bonchev–Trinajstić information content (AvgIpc) is 3.05. The van der Waals surface area contributed by atoms with E-state index >= 15 is 0 Å². The Hall–Kier alpha value is -5.34. The topological polar surface area (TPSA) is 12.5 Å². The minimum Gasteiger partial charge on any atom is -0.455 e. The van der Waals surface area contributed by atoms with Crippen LogP contribution in [0.2, 0.25) is 0 Å².